The van der Waals surface area contributed by atoms with E-state index in [0.29, 0.717) is 0 Å². The summed E-state index contributed by atoms with van der Waals surface area (Å²) in [6.07, 6.45) is 4.16. The van der Waals surface area contributed by atoms with Gasteiger partial charge in [-0.25, -0.2) is 0 Å². The molecular weight excluding hydrogens is 386 g/mol. The Hall–Kier alpha value is -2.21. The third kappa shape index (κ3) is 3.08. The van der Waals surface area contributed by atoms with Gasteiger partial charge in [0.1, 0.15) is 0 Å². The maximum absolute atomic E-state index is 6.75. The topological polar surface area (TPSA) is 37.0 Å². The standard InChI is InChI=1S/C23H26ClN3O2/c1-3-26-13-11-23(12-14-26)27-20(18-5-4-6-21(28-2)22(18)29-23)15-19(25-27)16-7-9-17(24)10-8-16/h4-10,15,20,25H,3,11-14H2,1-2H3/t20-/m1/s1. The maximum atomic E-state index is 6.75. The number of hydrogen-bond donors (Lipinski definition) is 1. The van der Waals surface area contributed by atoms with Crippen molar-refractivity contribution in [3.8, 4) is 11.5 Å². The number of methoxy groups -OCH3 is 1. The van der Waals surface area contributed by atoms with E-state index >= 15 is 0 Å². The third-order valence-corrected chi connectivity index (χ3v) is 6.61. The molecule has 0 aromatic heterocycles. The van der Waals surface area contributed by atoms with E-state index in [1.165, 1.54) is 0 Å². The molecule has 1 atom stereocenters. The number of halogens is 1. The average molecular weight is 412 g/mol. The largest absolute Gasteiger partial charge is 0.493 e. The number of likely N-dealkylation sites (tertiary alicyclic amines) is 1. The highest BCUT2D eigenvalue weighted by Crippen LogP contribution is 2.51. The molecule has 1 N–H and O–H groups in total. The van der Waals surface area contributed by atoms with Crippen molar-refractivity contribution >= 4 is 17.3 Å². The Balaban J connectivity index is 1.57. The minimum atomic E-state index is -0.400. The van der Waals surface area contributed by atoms with Crippen LogP contribution in [0.2, 0.25) is 5.02 Å². The number of nitrogens with zero attached hydrogens (tertiary/aromatic N) is 2. The number of benzene rings is 2. The van der Waals surface area contributed by atoms with Crippen LogP contribution in [0.1, 0.15) is 36.9 Å². The Kier molecular flexibility index (Phi) is 4.69. The van der Waals surface area contributed by atoms with Crippen LogP contribution in [0.5, 0.6) is 11.5 Å². The molecule has 1 saturated heterocycles. The fourth-order valence-electron chi connectivity index (χ4n) is 4.68. The number of nitrogens with one attached hydrogen (secondary N) is 1. The normalized spacial score (nSPS) is 23.0. The molecule has 3 heterocycles. The highest BCUT2D eigenvalue weighted by atomic mass is 35.5. The van der Waals surface area contributed by atoms with Gasteiger partial charge in [-0.2, -0.15) is 5.01 Å². The van der Waals surface area contributed by atoms with Gasteiger partial charge in [0.2, 0.25) is 0 Å². The molecule has 3 aliphatic rings. The lowest BCUT2D eigenvalue weighted by Crippen LogP contribution is -2.63. The molecule has 1 fully saturated rings. The van der Waals surface area contributed by atoms with Gasteiger partial charge in [-0.1, -0.05) is 42.8 Å². The quantitative estimate of drug-likeness (QED) is 0.807. The van der Waals surface area contributed by atoms with E-state index in [1.54, 1.807) is 7.11 Å². The molecule has 0 unspecified atom stereocenters. The summed E-state index contributed by atoms with van der Waals surface area (Å²) >= 11 is 6.10. The van der Waals surface area contributed by atoms with Crippen LogP contribution in [0, 0.1) is 0 Å². The van der Waals surface area contributed by atoms with Crippen LogP contribution in [0.25, 0.3) is 5.70 Å². The molecule has 6 heteroatoms. The zero-order chi connectivity index (χ0) is 20.0. The second-order valence-corrected chi connectivity index (χ2v) is 8.31. The first-order valence-electron chi connectivity index (χ1n) is 10.3. The highest BCUT2D eigenvalue weighted by Gasteiger charge is 2.52. The van der Waals surface area contributed by atoms with Crippen LogP contribution in [-0.2, 0) is 0 Å². The molecule has 1 spiro atoms. The van der Waals surface area contributed by atoms with Gasteiger partial charge in [0, 0.05) is 36.5 Å². The molecule has 0 aliphatic carbocycles. The van der Waals surface area contributed by atoms with Crippen LogP contribution in [0.15, 0.2) is 48.5 Å². The second kappa shape index (κ2) is 7.24. The fraction of sp³-hybridized carbons (Fsp3) is 0.391. The zero-order valence-electron chi connectivity index (χ0n) is 16.8. The van der Waals surface area contributed by atoms with Crippen LogP contribution in [-0.4, -0.2) is 42.4 Å². The molecule has 2 aromatic carbocycles. The van der Waals surface area contributed by atoms with Gasteiger partial charge in [-0.15, -0.1) is 0 Å². The molecule has 152 valence electrons. The Morgan fingerprint density at radius 1 is 1.17 bits per heavy atom. The maximum Gasteiger partial charge on any atom is 0.183 e. The number of fused-ring (bicyclic) bond motifs is 4. The van der Waals surface area contributed by atoms with Gasteiger partial charge >= 0.3 is 0 Å². The van der Waals surface area contributed by atoms with E-state index in [0.717, 1.165) is 65.8 Å². The van der Waals surface area contributed by atoms with E-state index in [4.69, 9.17) is 21.1 Å². The van der Waals surface area contributed by atoms with Crippen molar-refractivity contribution in [2.24, 2.45) is 0 Å². The summed E-state index contributed by atoms with van der Waals surface area (Å²) in [5, 5.41) is 3.05. The number of rotatable bonds is 3. The van der Waals surface area contributed by atoms with Gasteiger partial charge in [0.25, 0.3) is 0 Å². The van der Waals surface area contributed by atoms with Crippen molar-refractivity contribution in [1.29, 1.82) is 0 Å². The van der Waals surface area contributed by atoms with E-state index < -0.39 is 5.72 Å². The van der Waals surface area contributed by atoms with Crippen molar-refractivity contribution in [2.45, 2.75) is 31.5 Å². The third-order valence-electron chi connectivity index (χ3n) is 6.36. The van der Waals surface area contributed by atoms with E-state index in [-0.39, 0.29) is 6.04 Å². The average Bonchev–Trinajstić information content (AvgIpc) is 3.21. The van der Waals surface area contributed by atoms with Crippen LogP contribution >= 0.6 is 11.6 Å². The molecule has 0 radical (unpaired) electrons. The summed E-state index contributed by atoms with van der Waals surface area (Å²) in [4.78, 5) is 2.48. The van der Waals surface area contributed by atoms with Crippen molar-refractivity contribution in [3.63, 3.8) is 0 Å². The molecular formula is C23H26ClN3O2. The first-order valence-corrected chi connectivity index (χ1v) is 10.6. The summed E-state index contributed by atoms with van der Waals surface area (Å²) in [6.45, 7) is 5.32. The first-order chi connectivity index (χ1) is 14.1. The molecule has 2 aromatic rings. The van der Waals surface area contributed by atoms with Gasteiger partial charge in [-0.3, -0.25) is 0 Å². The van der Waals surface area contributed by atoms with Crippen LogP contribution < -0.4 is 14.9 Å². The lowest BCUT2D eigenvalue weighted by molar-refractivity contribution is -0.160. The van der Waals surface area contributed by atoms with E-state index in [2.05, 4.69) is 46.5 Å². The Labute approximate surface area is 176 Å². The SMILES string of the molecule is CCN1CCC2(CC1)Oc1c(OC)cccc1[C@H]1C=C(c3ccc(Cl)cc3)NN12. The van der Waals surface area contributed by atoms with Gasteiger partial charge in [0.05, 0.1) is 18.8 Å². The molecule has 0 bridgehead atoms. The van der Waals surface area contributed by atoms with Crippen molar-refractivity contribution in [1.82, 2.24) is 15.3 Å². The highest BCUT2D eigenvalue weighted by molar-refractivity contribution is 6.30. The van der Waals surface area contributed by atoms with Gasteiger partial charge < -0.3 is 19.8 Å². The van der Waals surface area contributed by atoms with Crippen LogP contribution in [0.3, 0.4) is 0 Å². The number of hydrazine groups is 1. The Morgan fingerprint density at radius 2 is 1.93 bits per heavy atom. The van der Waals surface area contributed by atoms with Gasteiger partial charge in [0.15, 0.2) is 17.2 Å². The first kappa shape index (κ1) is 18.8. The minimum Gasteiger partial charge on any atom is -0.493 e. The molecule has 29 heavy (non-hydrogen) atoms. The molecule has 5 nitrogen and oxygen atoms in total. The zero-order valence-corrected chi connectivity index (χ0v) is 17.6. The lowest BCUT2D eigenvalue weighted by Gasteiger charge is -2.51. The smallest absolute Gasteiger partial charge is 0.183 e. The van der Waals surface area contributed by atoms with Crippen LogP contribution in [0.4, 0.5) is 0 Å². The lowest BCUT2D eigenvalue weighted by atomic mass is 9.92. The summed E-state index contributed by atoms with van der Waals surface area (Å²) < 4.78 is 12.4. The minimum absolute atomic E-state index is 0.0905. The molecule has 5 rings (SSSR count). The summed E-state index contributed by atoms with van der Waals surface area (Å²) in [5.41, 5.74) is 6.60. The molecule has 0 saturated carbocycles. The number of ether oxygens (including phenoxy) is 2. The van der Waals surface area contributed by atoms with E-state index in [1.807, 2.05) is 24.3 Å². The predicted octanol–water partition coefficient (Wildman–Crippen LogP) is 4.46. The number of para-hydroxylation sites is 1. The fourth-order valence-corrected chi connectivity index (χ4v) is 4.81. The van der Waals surface area contributed by atoms with Gasteiger partial charge in [-0.05, 0) is 36.4 Å². The van der Waals surface area contributed by atoms with E-state index in [9.17, 15) is 0 Å². The predicted molar refractivity (Wildman–Crippen MR) is 115 cm³/mol. The summed E-state index contributed by atoms with van der Waals surface area (Å²) in [7, 11) is 1.71. The monoisotopic (exact) mass is 411 g/mol. The van der Waals surface area contributed by atoms with Crippen molar-refractivity contribution in [2.75, 3.05) is 26.7 Å². The molecule has 3 aliphatic heterocycles. The molecule has 0 amide bonds. The number of piperidine rings is 1. The Morgan fingerprint density at radius 3 is 2.62 bits per heavy atom. The summed E-state index contributed by atoms with van der Waals surface area (Å²) in [5.74, 6) is 1.67. The number of hydrogen-bond acceptors (Lipinski definition) is 5. The van der Waals surface area contributed by atoms with Crippen molar-refractivity contribution < 1.29 is 9.47 Å². The summed E-state index contributed by atoms with van der Waals surface area (Å²) in [6, 6.07) is 14.2. The van der Waals surface area contributed by atoms with Crippen molar-refractivity contribution in [3.05, 3.63) is 64.7 Å². The second-order valence-electron chi connectivity index (χ2n) is 7.88. The Bertz CT molecular complexity index is 936.